The molecule has 0 spiro atoms. The highest BCUT2D eigenvalue weighted by molar-refractivity contribution is 5.77. The van der Waals surface area contributed by atoms with Crippen molar-refractivity contribution in [3.05, 3.63) is 0 Å². The molecule has 0 radical (unpaired) electrons. The van der Waals surface area contributed by atoms with Crippen LogP contribution in [-0.2, 0) is 9.53 Å². The van der Waals surface area contributed by atoms with Crippen LogP contribution in [0.2, 0.25) is 0 Å². The van der Waals surface area contributed by atoms with E-state index in [1.807, 2.05) is 0 Å². The normalized spacial score (nSPS) is 30.6. The van der Waals surface area contributed by atoms with Crippen molar-refractivity contribution in [3.63, 3.8) is 0 Å². The lowest BCUT2D eigenvalue weighted by molar-refractivity contribution is -0.163. The van der Waals surface area contributed by atoms with Crippen molar-refractivity contribution in [3.8, 4) is 0 Å². The summed E-state index contributed by atoms with van der Waals surface area (Å²) < 4.78 is 5.77. The first-order chi connectivity index (χ1) is 8.66. The summed E-state index contributed by atoms with van der Waals surface area (Å²) >= 11 is 0. The molecular weight excluding hydrogens is 228 g/mol. The molecule has 0 aromatic heterocycles. The summed E-state index contributed by atoms with van der Waals surface area (Å²) in [5, 5.41) is 3.31. The number of carbonyl (C=O) groups excluding carboxylic acids is 1. The van der Waals surface area contributed by atoms with E-state index < -0.39 is 0 Å². The maximum atomic E-state index is 12.4. The number of piperidine rings is 1. The molecule has 0 aromatic carbocycles. The van der Waals surface area contributed by atoms with Crippen LogP contribution in [0.15, 0.2) is 0 Å². The van der Waals surface area contributed by atoms with E-state index in [-0.39, 0.29) is 17.5 Å². The number of nitrogens with zero attached hydrogens (tertiary/aromatic N) is 1. The van der Waals surface area contributed by atoms with Crippen LogP contribution in [0.25, 0.3) is 0 Å². The van der Waals surface area contributed by atoms with Crippen LogP contribution in [0.3, 0.4) is 0 Å². The van der Waals surface area contributed by atoms with Gasteiger partial charge < -0.3 is 15.0 Å². The fourth-order valence-corrected chi connectivity index (χ4v) is 3.09. The monoisotopic (exact) mass is 254 g/mol. The molecule has 2 aliphatic heterocycles. The summed E-state index contributed by atoms with van der Waals surface area (Å²) in [5.41, 5.74) is -0.238. The van der Waals surface area contributed by atoms with E-state index in [9.17, 15) is 4.79 Å². The van der Waals surface area contributed by atoms with E-state index >= 15 is 0 Å². The Morgan fingerprint density at radius 3 is 2.72 bits per heavy atom. The average molecular weight is 254 g/mol. The number of rotatable bonds is 4. The Labute approximate surface area is 110 Å². The van der Waals surface area contributed by atoms with Crippen molar-refractivity contribution in [2.45, 2.75) is 45.1 Å². The Balaban J connectivity index is 1.89. The number of likely N-dealkylation sites (tertiary alicyclic amines) is 1. The van der Waals surface area contributed by atoms with Crippen molar-refractivity contribution in [1.29, 1.82) is 0 Å². The molecule has 0 amide bonds. The summed E-state index contributed by atoms with van der Waals surface area (Å²) in [5.74, 6) is 0.0453. The van der Waals surface area contributed by atoms with Crippen LogP contribution in [0.4, 0.5) is 0 Å². The fourth-order valence-electron chi connectivity index (χ4n) is 3.09. The number of hydrogen-bond acceptors (Lipinski definition) is 4. The van der Waals surface area contributed by atoms with Gasteiger partial charge >= 0.3 is 5.97 Å². The van der Waals surface area contributed by atoms with Gasteiger partial charge in [0, 0.05) is 19.6 Å². The zero-order valence-electron chi connectivity index (χ0n) is 11.7. The standard InChI is InChI=1S/C14H26N2O2/c1-3-6-14(7-8-15-11-14)13(17)18-12-4-9-16(2)10-5-12/h12,15H,3-11H2,1-2H3. The van der Waals surface area contributed by atoms with E-state index in [0.717, 1.165) is 58.3 Å². The van der Waals surface area contributed by atoms with E-state index in [2.05, 4.69) is 24.2 Å². The van der Waals surface area contributed by atoms with Gasteiger partial charge in [-0.05, 0) is 39.3 Å². The first kappa shape index (κ1) is 13.8. The fraction of sp³-hybridized carbons (Fsp3) is 0.929. The highest BCUT2D eigenvalue weighted by Gasteiger charge is 2.42. The SMILES string of the molecule is CCCC1(C(=O)OC2CCN(C)CC2)CCNC1. The Bertz CT molecular complexity index is 280. The maximum absolute atomic E-state index is 12.4. The van der Waals surface area contributed by atoms with Gasteiger partial charge in [-0.3, -0.25) is 4.79 Å². The Hall–Kier alpha value is -0.610. The zero-order chi connectivity index (χ0) is 13.0. The second-order valence-electron chi connectivity index (χ2n) is 5.87. The van der Waals surface area contributed by atoms with Crippen molar-refractivity contribution < 1.29 is 9.53 Å². The molecule has 0 aromatic rings. The first-order valence-electron chi connectivity index (χ1n) is 7.26. The Morgan fingerprint density at radius 1 is 1.44 bits per heavy atom. The first-order valence-corrected chi connectivity index (χ1v) is 7.26. The predicted molar refractivity (Wildman–Crippen MR) is 71.4 cm³/mol. The van der Waals surface area contributed by atoms with E-state index in [4.69, 9.17) is 4.74 Å². The van der Waals surface area contributed by atoms with Gasteiger partial charge in [0.1, 0.15) is 6.10 Å². The maximum Gasteiger partial charge on any atom is 0.313 e. The number of esters is 1. The number of ether oxygens (including phenoxy) is 1. The van der Waals surface area contributed by atoms with Crippen LogP contribution in [0, 0.1) is 5.41 Å². The molecule has 0 bridgehead atoms. The van der Waals surface area contributed by atoms with Crippen molar-refractivity contribution >= 4 is 5.97 Å². The average Bonchev–Trinajstić information content (AvgIpc) is 2.82. The minimum atomic E-state index is -0.238. The Kier molecular flexibility index (Phi) is 4.62. The van der Waals surface area contributed by atoms with Crippen LogP contribution in [-0.4, -0.2) is 50.2 Å². The topological polar surface area (TPSA) is 41.6 Å². The smallest absolute Gasteiger partial charge is 0.313 e. The minimum absolute atomic E-state index is 0.0453. The van der Waals surface area contributed by atoms with Gasteiger partial charge in [0.15, 0.2) is 0 Å². The highest BCUT2D eigenvalue weighted by atomic mass is 16.5. The molecule has 1 unspecified atom stereocenters. The van der Waals surface area contributed by atoms with Gasteiger partial charge in [0.25, 0.3) is 0 Å². The second-order valence-corrected chi connectivity index (χ2v) is 5.87. The summed E-state index contributed by atoms with van der Waals surface area (Å²) in [4.78, 5) is 14.7. The molecule has 1 N–H and O–H groups in total. The quantitative estimate of drug-likeness (QED) is 0.770. The number of carbonyl (C=O) groups is 1. The lowest BCUT2D eigenvalue weighted by Gasteiger charge is -2.32. The molecule has 2 aliphatic rings. The molecule has 2 fully saturated rings. The molecule has 2 rings (SSSR count). The Morgan fingerprint density at radius 2 is 2.17 bits per heavy atom. The van der Waals surface area contributed by atoms with Crippen molar-refractivity contribution in [1.82, 2.24) is 10.2 Å². The molecule has 104 valence electrons. The van der Waals surface area contributed by atoms with Gasteiger partial charge in [0.05, 0.1) is 5.41 Å². The summed E-state index contributed by atoms with van der Waals surface area (Å²) in [6, 6.07) is 0. The molecule has 2 saturated heterocycles. The van der Waals surface area contributed by atoms with Crippen molar-refractivity contribution in [2.24, 2.45) is 5.41 Å². The molecule has 0 saturated carbocycles. The van der Waals surface area contributed by atoms with Crippen LogP contribution in [0.1, 0.15) is 39.0 Å². The van der Waals surface area contributed by atoms with E-state index in [1.165, 1.54) is 0 Å². The number of hydrogen-bond donors (Lipinski definition) is 1. The molecule has 4 heteroatoms. The highest BCUT2D eigenvalue weighted by Crippen LogP contribution is 2.33. The molecule has 1 atom stereocenters. The number of nitrogens with one attached hydrogen (secondary N) is 1. The molecule has 2 heterocycles. The summed E-state index contributed by atoms with van der Waals surface area (Å²) in [7, 11) is 2.12. The van der Waals surface area contributed by atoms with Gasteiger partial charge in [-0.1, -0.05) is 13.3 Å². The van der Waals surface area contributed by atoms with Crippen molar-refractivity contribution in [2.75, 3.05) is 33.2 Å². The van der Waals surface area contributed by atoms with E-state index in [0.29, 0.717) is 0 Å². The third-order valence-corrected chi connectivity index (χ3v) is 4.34. The van der Waals surface area contributed by atoms with Gasteiger partial charge in [-0.15, -0.1) is 0 Å². The van der Waals surface area contributed by atoms with Crippen LogP contribution in [0.5, 0.6) is 0 Å². The lowest BCUT2D eigenvalue weighted by atomic mass is 9.82. The predicted octanol–water partition coefficient (Wildman–Crippen LogP) is 1.40. The van der Waals surface area contributed by atoms with Gasteiger partial charge in [-0.2, -0.15) is 0 Å². The molecular formula is C14H26N2O2. The van der Waals surface area contributed by atoms with E-state index in [1.54, 1.807) is 0 Å². The largest absolute Gasteiger partial charge is 0.462 e. The summed E-state index contributed by atoms with van der Waals surface area (Å²) in [6.07, 6.45) is 5.04. The second kappa shape index (κ2) is 6.02. The van der Waals surface area contributed by atoms with Crippen LogP contribution < -0.4 is 5.32 Å². The molecule has 0 aliphatic carbocycles. The minimum Gasteiger partial charge on any atom is -0.462 e. The molecule has 4 nitrogen and oxygen atoms in total. The third-order valence-electron chi connectivity index (χ3n) is 4.34. The summed E-state index contributed by atoms with van der Waals surface area (Å²) in [6.45, 7) is 5.96. The van der Waals surface area contributed by atoms with Crippen LogP contribution >= 0.6 is 0 Å². The molecule has 18 heavy (non-hydrogen) atoms. The third kappa shape index (κ3) is 3.04. The zero-order valence-corrected chi connectivity index (χ0v) is 11.7. The lowest BCUT2D eigenvalue weighted by Crippen LogP contribution is -2.41. The van der Waals surface area contributed by atoms with Gasteiger partial charge in [-0.25, -0.2) is 0 Å². The van der Waals surface area contributed by atoms with Gasteiger partial charge in [0.2, 0.25) is 0 Å².